The van der Waals surface area contributed by atoms with Crippen LogP contribution in [-0.4, -0.2) is 38.8 Å². The van der Waals surface area contributed by atoms with Crippen LogP contribution in [-0.2, 0) is 22.6 Å². The fourth-order valence-corrected chi connectivity index (χ4v) is 3.87. The summed E-state index contributed by atoms with van der Waals surface area (Å²) in [6.45, 7) is 2.12. The van der Waals surface area contributed by atoms with E-state index in [4.69, 9.17) is 16.6 Å². The number of aliphatic carboxylic acids is 1. The first-order valence-electron chi connectivity index (χ1n) is 9.91. The average molecular weight is 421 g/mol. The topological polar surface area (TPSA) is 163 Å². The Morgan fingerprint density at radius 2 is 2.10 bits per heavy atom. The van der Waals surface area contributed by atoms with Crippen LogP contribution in [0.15, 0.2) is 24.3 Å². The number of hydrogen-bond acceptors (Lipinski definition) is 6. The van der Waals surface area contributed by atoms with Gasteiger partial charge in [0.25, 0.3) is 5.91 Å². The number of nitrogens with zero attached hydrogens (tertiary/aromatic N) is 3. The van der Waals surface area contributed by atoms with E-state index in [1.807, 2.05) is 6.92 Å². The number of carboxylic acids is 1. The van der Waals surface area contributed by atoms with E-state index >= 15 is 0 Å². The Bertz CT molecular complexity index is 1110. The van der Waals surface area contributed by atoms with Crippen molar-refractivity contribution in [2.75, 3.05) is 5.73 Å². The number of rotatable bonds is 8. The molecule has 0 bridgehead atoms. The molecule has 9 heteroatoms. The maximum Gasteiger partial charge on any atom is 0.303 e. The first kappa shape index (κ1) is 21.8. The summed E-state index contributed by atoms with van der Waals surface area (Å²) < 4.78 is 0. The van der Waals surface area contributed by atoms with Crippen LogP contribution >= 0.6 is 0 Å². The van der Waals surface area contributed by atoms with E-state index in [2.05, 4.69) is 11.1 Å². The number of pyridine rings is 1. The van der Waals surface area contributed by atoms with Gasteiger partial charge in [-0.15, -0.1) is 0 Å². The molecule has 0 spiro atoms. The lowest BCUT2D eigenvalue weighted by atomic mass is 9.96. The second-order valence-electron chi connectivity index (χ2n) is 7.45. The van der Waals surface area contributed by atoms with Crippen molar-refractivity contribution in [3.63, 3.8) is 0 Å². The number of carbonyl (C=O) groups excluding carboxylic acids is 2. The summed E-state index contributed by atoms with van der Waals surface area (Å²) in [6, 6.07) is 7.95. The van der Waals surface area contributed by atoms with E-state index < -0.39 is 17.9 Å². The van der Waals surface area contributed by atoms with Gasteiger partial charge in [0.05, 0.1) is 11.3 Å². The summed E-state index contributed by atoms with van der Waals surface area (Å²) in [5, 5.41) is 18.6. The van der Waals surface area contributed by atoms with Gasteiger partial charge < -0.3 is 21.5 Å². The number of benzene rings is 1. The molecule has 0 fully saturated rings. The minimum atomic E-state index is -1.07. The van der Waals surface area contributed by atoms with Crippen LogP contribution in [0.4, 0.5) is 5.82 Å². The monoisotopic (exact) mass is 421 g/mol. The third-order valence-electron chi connectivity index (χ3n) is 5.30. The van der Waals surface area contributed by atoms with Gasteiger partial charge in [-0.3, -0.25) is 14.4 Å². The van der Waals surface area contributed by atoms with Gasteiger partial charge in [0.2, 0.25) is 5.91 Å². The summed E-state index contributed by atoms with van der Waals surface area (Å²) in [7, 11) is 0. The molecule has 160 valence electrons. The highest BCUT2D eigenvalue weighted by Gasteiger charge is 2.36. The maximum atomic E-state index is 12.8. The summed E-state index contributed by atoms with van der Waals surface area (Å²) in [5.41, 5.74) is 14.8. The van der Waals surface area contributed by atoms with Gasteiger partial charge in [-0.1, -0.05) is 19.4 Å². The average Bonchev–Trinajstić information content (AvgIpc) is 3.03. The Balaban J connectivity index is 1.99. The van der Waals surface area contributed by atoms with Crippen LogP contribution < -0.4 is 11.5 Å². The van der Waals surface area contributed by atoms with Crippen LogP contribution in [0.2, 0.25) is 0 Å². The predicted molar refractivity (Wildman–Crippen MR) is 113 cm³/mol. The number of aromatic nitrogens is 1. The maximum absolute atomic E-state index is 12.8. The summed E-state index contributed by atoms with van der Waals surface area (Å²) >= 11 is 0. The molecule has 2 amide bonds. The molecular formula is C22H23N5O4. The molecule has 1 aliphatic heterocycles. The highest BCUT2D eigenvalue weighted by Crippen LogP contribution is 2.32. The predicted octanol–water partition coefficient (Wildman–Crippen LogP) is 1.83. The molecule has 1 aliphatic rings. The molecule has 31 heavy (non-hydrogen) atoms. The van der Waals surface area contributed by atoms with Gasteiger partial charge in [-0.05, 0) is 42.2 Å². The van der Waals surface area contributed by atoms with Crippen molar-refractivity contribution in [3.05, 3.63) is 46.5 Å². The lowest BCUT2D eigenvalue weighted by molar-refractivity contribution is -0.137. The number of primary amides is 1. The van der Waals surface area contributed by atoms with Crippen molar-refractivity contribution in [3.8, 4) is 17.3 Å². The largest absolute Gasteiger partial charge is 0.481 e. The molecule has 0 saturated carbocycles. The normalized spacial score (nSPS) is 13.5. The minimum Gasteiger partial charge on any atom is -0.481 e. The number of hydrogen-bond donors (Lipinski definition) is 3. The molecule has 0 saturated heterocycles. The van der Waals surface area contributed by atoms with Gasteiger partial charge in [-0.25, -0.2) is 4.98 Å². The van der Waals surface area contributed by atoms with Crippen LogP contribution in [0.25, 0.3) is 11.3 Å². The Morgan fingerprint density at radius 1 is 1.35 bits per heavy atom. The van der Waals surface area contributed by atoms with Gasteiger partial charge in [0.1, 0.15) is 17.9 Å². The van der Waals surface area contributed by atoms with Crippen LogP contribution in [0, 0.1) is 11.3 Å². The summed E-state index contributed by atoms with van der Waals surface area (Å²) in [6.07, 6.45) is 1.19. The van der Waals surface area contributed by atoms with Crippen LogP contribution in [0.5, 0.6) is 0 Å². The molecule has 2 heterocycles. The van der Waals surface area contributed by atoms with Crippen molar-refractivity contribution in [1.82, 2.24) is 9.88 Å². The zero-order valence-electron chi connectivity index (χ0n) is 17.1. The van der Waals surface area contributed by atoms with E-state index in [9.17, 15) is 19.6 Å². The molecule has 1 aromatic carbocycles. The number of carboxylic acid groups (broad SMARTS) is 1. The van der Waals surface area contributed by atoms with Gasteiger partial charge >= 0.3 is 5.97 Å². The lowest BCUT2D eigenvalue weighted by Gasteiger charge is -2.24. The first-order chi connectivity index (χ1) is 14.8. The zero-order chi connectivity index (χ0) is 22.7. The summed E-state index contributed by atoms with van der Waals surface area (Å²) in [4.78, 5) is 41.3. The van der Waals surface area contributed by atoms with Gasteiger partial charge in [0.15, 0.2) is 0 Å². The molecule has 2 aromatic rings. The van der Waals surface area contributed by atoms with Crippen LogP contribution in [0.3, 0.4) is 0 Å². The van der Waals surface area contributed by atoms with E-state index in [1.54, 1.807) is 24.3 Å². The van der Waals surface area contributed by atoms with Crippen molar-refractivity contribution >= 4 is 23.6 Å². The van der Waals surface area contributed by atoms with Gasteiger partial charge in [-0.2, -0.15) is 5.26 Å². The van der Waals surface area contributed by atoms with Crippen LogP contribution in [0.1, 0.15) is 53.2 Å². The second-order valence-corrected chi connectivity index (χ2v) is 7.45. The Hall–Kier alpha value is -3.93. The van der Waals surface area contributed by atoms with E-state index in [1.165, 1.54) is 4.90 Å². The number of nitriles is 1. The van der Waals surface area contributed by atoms with Gasteiger partial charge in [0, 0.05) is 24.1 Å². The third-order valence-corrected chi connectivity index (χ3v) is 5.30. The molecule has 1 atom stereocenters. The fourth-order valence-electron chi connectivity index (χ4n) is 3.87. The standard InChI is InChI=1S/C22H23N5O4/c1-2-3-12-9-18(24)26-20(16(12)10-23)13-4-5-15-14(8-13)11-27(22(15)31)17(21(25)30)6-7-19(28)29/h4-5,8-9,17H,2-3,6-7,11H2,1H3,(H2,24,26)(H2,25,30)(H,28,29)/t17-/m0/s1. The smallest absolute Gasteiger partial charge is 0.303 e. The number of aryl methyl sites for hydroxylation is 1. The first-order valence-corrected chi connectivity index (χ1v) is 9.91. The number of carbonyl (C=O) groups is 3. The lowest BCUT2D eigenvalue weighted by Crippen LogP contribution is -2.45. The number of nitrogen functional groups attached to an aromatic ring is 1. The highest BCUT2D eigenvalue weighted by molar-refractivity contribution is 6.01. The number of fused-ring (bicyclic) bond motifs is 1. The Labute approximate surface area is 179 Å². The number of nitrogens with two attached hydrogens (primary N) is 2. The molecular weight excluding hydrogens is 398 g/mol. The molecule has 9 nitrogen and oxygen atoms in total. The highest BCUT2D eigenvalue weighted by atomic mass is 16.4. The number of amides is 2. The van der Waals surface area contributed by atoms with Crippen molar-refractivity contribution in [2.45, 2.75) is 45.2 Å². The Morgan fingerprint density at radius 3 is 2.71 bits per heavy atom. The fraction of sp³-hybridized carbons (Fsp3) is 0.318. The second kappa shape index (κ2) is 8.83. The molecule has 1 aromatic heterocycles. The van der Waals surface area contributed by atoms with E-state index in [-0.39, 0.29) is 25.3 Å². The van der Waals surface area contributed by atoms with E-state index in [0.29, 0.717) is 40.2 Å². The van der Waals surface area contributed by atoms with Crippen molar-refractivity contribution < 1.29 is 19.5 Å². The molecule has 0 unspecified atom stereocenters. The summed E-state index contributed by atoms with van der Waals surface area (Å²) in [5.74, 6) is -1.91. The molecule has 0 aliphatic carbocycles. The molecule has 0 radical (unpaired) electrons. The van der Waals surface area contributed by atoms with Crippen molar-refractivity contribution in [1.29, 1.82) is 5.26 Å². The minimum absolute atomic E-state index is 0.0625. The molecule has 3 rings (SSSR count). The SMILES string of the molecule is CCCc1cc(N)nc(-c2ccc3c(c2)CN([C@@H](CCC(=O)O)C(N)=O)C3=O)c1C#N. The zero-order valence-corrected chi connectivity index (χ0v) is 17.1. The Kier molecular flexibility index (Phi) is 6.20. The van der Waals surface area contributed by atoms with E-state index in [0.717, 1.165) is 12.0 Å². The third kappa shape index (κ3) is 4.33. The van der Waals surface area contributed by atoms with Crippen molar-refractivity contribution in [2.24, 2.45) is 5.73 Å². The molecule has 5 N–H and O–H groups in total. The quantitative estimate of drug-likeness (QED) is 0.585. The number of anilines is 1.